The molecule has 0 aromatic heterocycles. The Balaban J connectivity index is 0.00000243. The molecule has 3 rings (SSSR count). The molecule has 2 aliphatic rings. The molecule has 2 N–H and O–H groups in total. The fraction of sp³-hybridized carbons (Fsp3) is 0.667. The van der Waals surface area contributed by atoms with Gasteiger partial charge in [-0.15, -0.1) is 12.4 Å². The van der Waals surface area contributed by atoms with Crippen molar-refractivity contribution in [2.75, 3.05) is 19.7 Å². The highest BCUT2D eigenvalue weighted by Crippen LogP contribution is 2.58. The lowest BCUT2D eigenvalue weighted by Gasteiger charge is -2.23. The Hall–Kier alpha value is -1.26. The Morgan fingerprint density at radius 2 is 2.08 bits per heavy atom. The number of carbonyl (C=O) groups is 1. The molecule has 1 heterocycles. The average molecular weight is 381 g/mol. The Kier molecular flexibility index (Phi) is 7.36. The maximum Gasteiger partial charge on any atom is 0.223 e. The van der Waals surface area contributed by atoms with Crippen LogP contribution in [0.3, 0.4) is 0 Å². The second kappa shape index (κ2) is 9.09. The first-order valence-electron chi connectivity index (χ1n) is 9.71. The lowest BCUT2D eigenvalue weighted by molar-refractivity contribution is -0.123. The van der Waals surface area contributed by atoms with Crippen LogP contribution in [0.4, 0.5) is 0 Å². The van der Waals surface area contributed by atoms with E-state index in [-0.39, 0.29) is 24.2 Å². The monoisotopic (exact) mass is 380 g/mol. The van der Waals surface area contributed by atoms with Gasteiger partial charge >= 0.3 is 0 Å². The topological polar surface area (TPSA) is 50.4 Å². The molecular formula is C21H33ClN2O2. The molecule has 2 fully saturated rings. The maximum absolute atomic E-state index is 12.6. The van der Waals surface area contributed by atoms with Crippen LogP contribution in [0, 0.1) is 24.2 Å². The number of aryl methyl sites for hydroxylation is 1. The molecule has 1 unspecified atom stereocenters. The van der Waals surface area contributed by atoms with Gasteiger partial charge in [-0.3, -0.25) is 4.79 Å². The van der Waals surface area contributed by atoms with Gasteiger partial charge in [0.05, 0.1) is 6.61 Å². The largest absolute Gasteiger partial charge is 0.493 e. The minimum absolute atomic E-state index is 0. The number of benzene rings is 1. The summed E-state index contributed by atoms with van der Waals surface area (Å²) in [6.45, 7) is 9.86. The van der Waals surface area contributed by atoms with Gasteiger partial charge in [0, 0.05) is 18.0 Å². The van der Waals surface area contributed by atoms with Gasteiger partial charge in [-0.25, -0.2) is 0 Å². The smallest absolute Gasteiger partial charge is 0.223 e. The van der Waals surface area contributed by atoms with Gasteiger partial charge in [0.2, 0.25) is 5.91 Å². The van der Waals surface area contributed by atoms with E-state index in [0.29, 0.717) is 17.9 Å². The average Bonchev–Trinajstić information content (AvgIpc) is 3.27. The van der Waals surface area contributed by atoms with Crippen LogP contribution in [0.2, 0.25) is 0 Å². The quantitative estimate of drug-likeness (QED) is 0.755. The first-order chi connectivity index (χ1) is 12.0. The van der Waals surface area contributed by atoms with Crippen LogP contribution in [0.25, 0.3) is 0 Å². The molecule has 1 saturated heterocycles. The number of amides is 1. The van der Waals surface area contributed by atoms with Crippen molar-refractivity contribution in [3.05, 3.63) is 29.3 Å². The predicted octanol–water partition coefficient (Wildman–Crippen LogP) is 3.85. The Morgan fingerprint density at radius 3 is 2.77 bits per heavy atom. The lowest BCUT2D eigenvalue weighted by Crippen LogP contribution is -2.33. The van der Waals surface area contributed by atoms with Gasteiger partial charge in [-0.2, -0.15) is 0 Å². The molecule has 1 aromatic carbocycles. The van der Waals surface area contributed by atoms with Crippen molar-refractivity contribution in [3.8, 4) is 5.75 Å². The minimum Gasteiger partial charge on any atom is -0.493 e. The molecule has 1 saturated carbocycles. The fourth-order valence-corrected chi connectivity index (χ4v) is 3.85. The summed E-state index contributed by atoms with van der Waals surface area (Å²) >= 11 is 0. The molecule has 1 amide bonds. The zero-order chi connectivity index (χ0) is 17.9. The van der Waals surface area contributed by atoms with E-state index in [1.807, 2.05) is 0 Å². The zero-order valence-corrected chi connectivity index (χ0v) is 17.1. The third kappa shape index (κ3) is 5.14. The molecule has 146 valence electrons. The summed E-state index contributed by atoms with van der Waals surface area (Å²) in [6, 6.07) is 6.24. The van der Waals surface area contributed by atoms with Crippen molar-refractivity contribution in [1.29, 1.82) is 0 Å². The van der Waals surface area contributed by atoms with Crippen LogP contribution in [0.15, 0.2) is 18.2 Å². The maximum atomic E-state index is 12.6. The summed E-state index contributed by atoms with van der Waals surface area (Å²) in [6.07, 6.45) is 4.38. The van der Waals surface area contributed by atoms with Crippen molar-refractivity contribution in [1.82, 2.24) is 10.6 Å². The van der Waals surface area contributed by atoms with Crippen LogP contribution in [-0.4, -0.2) is 25.6 Å². The van der Waals surface area contributed by atoms with Gasteiger partial charge in [0.1, 0.15) is 5.75 Å². The Morgan fingerprint density at radius 1 is 1.35 bits per heavy atom. The molecule has 1 spiro atoms. The van der Waals surface area contributed by atoms with Crippen molar-refractivity contribution in [2.24, 2.45) is 17.3 Å². The molecular weight excluding hydrogens is 348 g/mol. The second-order valence-electron chi connectivity index (χ2n) is 8.23. The SMILES string of the molecule is Cc1ccc(CNC(=O)C2CC23CCNCC3)c(OCCC(C)C)c1.Cl. The van der Waals surface area contributed by atoms with Gasteiger partial charge in [0.25, 0.3) is 0 Å². The number of nitrogens with one attached hydrogen (secondary N) is 2. The van der Waals surface area contributed by atoms with Gasteiger partial charge in [0.15, 0.2) is 0 Å². The van der Waals surface area contributed by atoms with E-state index < -0.39 is 0 Å². The normalized spacial score (nSPS) is 20.5. The molecule has 0 radical (unpaired) electrons. The number of rotatable bonds is 7. The molecule has 5 heteroatoms. The van der Waals surface area contributed by atoms with E-state index in [0.717, 1.165) is 56.7 Å². The summed E-state index contributed by atoms with van der Waals surface area (Å²) in [4.78, 5) is 12.6. The van der Waals surface area contributed by atoms with Crippen LogP contribution in [0.5, 0.6) is 5.75 Å². The third-order valence-corrected chi connectivity index (χ3v) is 5.73. The van der Waals surface area contributed by atoms with E-state index >= 15 is 0 Å². The van der Waals surface area contributed by atoms with Crippen molar-refractivity contribution < 1.29 is 9.53 Å². The first kappa shape index (κ1) is 21.0. The Labute approximate surface area is 163 Å². The second-order valence-corrected chi connectivity index (χ2v) is 8.23. The summed E-state index contributed by atoms with van der Waals surface area (Å²) in [5.74, 6) is 1.97. The highest BCUT2D eigenvalue weighted by atomic mass is 35.5. The predicted molar refractivity (Wildman–Crippen MR) is 108 cm³/mol. The number of ether oxygens (including phenoxy) is 1. The third-order valence-electron chi connectivity index (χ3n) is 5.73. The molecule has 1 aromatic rings. The zero-order valence-electron chi connectivity index (χ0n) is 16.3. The van der Waals surface area contributed by atoms with E-state index in [9.17, 15) is 4.79 Å². The Bertz CT molecular complexity index is 612. The van der Waals surface area contributed by atoms with E-state index in [1.165, 1.54) is 5.56 Å². The summed E-state index contributed by atoms with van der Waals surface area (Å²) in [7, 11) is 0. The highest BCUT2D eigenvalue weighted by Gasteiger charge is 2.57. The number of hydrogen-bond acceptors (Lipinski definition) is 3. The minimum atomic E-state index is 0. The van der Waals surface area contributed by atoms with Gasteiger partial charge in [-0.05, 0) is 68.7 Å². The van der Waals surface area contributed by atoms with Crippen molar-refractivity contribution >= 4 is 18.3 Å². The number of hydrogen-bond donors (Lipinski definition) is 2. The molecule has 1 aliphatic carbocycles. The van der Waals surface area contributed by atoms with Gasteiger partial charge < -0.3 is 15.4 Å². The summed E-state index contributed by atoms with van der Waals surface area (Å²) in [5, 5.41) is 6.54. The van der Waals surface area contributed by atoms with Crippen LogP contribution in [-0.2, 0) is 11.3 Å². The standard InChI is InChI=1S/C21H32N2O2.ClH/c1-15(2)6-11-25-19-12-16(3)4-5-17(19)14-23-20(24)18-13-21(18)7-9-22-10-8-21;/h4-5,12,15,18,22H,6-11,13-14H2,1-3H3,(H,23,24);1H. The fourth-order valence-electron chi connectivity index (χ4n) is 3.85. The first-order valence-corrected chi connectivity index (χ1v) is 9.71. The number of piperidine rings is 1. The van der Waals surface area contributed by atoms with E-state index in [2.05, 4.69) is 49.6 Å². The summed E-state index contributed by atoms with van der Waals surface area (Å²) < 4.78 is 5.99. The molecule has 1 aliphatic heterocycles. The van der Waals surface area contributed by atoms with E-state index in [4.69, 9.17) is 4.74 Å². The van der Waals surface area contributed by atoms with Crippen LogP contribution in [0.1, 0.15) is 50.7 Å². The summed E-state index contributed by atoms with van der Waals surface area (Å²) in [5.41, 5.74) is 2.55. The number of halogens is 1. The van der Waals surface area contributed by atoms with Crippen molar-refractivity contribution in [2.45, 2.75) is 53.0 Å². The van der Waals surface area contributed by atoms with Gasteiger partial charge in [-0.1, -0.05) is 26.0 Å². The van der Waals surface area contributed by atoms with Crippen LogP contribution < -0.4 is 15.4 Å². The molecule has 26 heavy (non-hydrogen) atoms. The molecule has 0 bridgehead atoms. The molecule has 4 nitrogen and oxygen atoms in total. The lowest BCUT2D eigenvalue weighted by atomic mass is 9.92. The van der Waals surface area contributed by atoms with E-state index in [1.54, 1.807) is 0 Å². The highest BCUT2D eigenvalue weighted by molar-refractivity contribution is 5.85. The number of carbonyl (C=O) groups excluding carboxylic acids is 1. The van der Waals surface area contributed by atoms with Crippen LogP contribution >= 0.6 is 12.4 Å². The molecule has 1 atom stereocenters. The van der Waals surface area contributed by atoms with Crippen molar-refractivity contribution in [3.63, 3.8) is 0 Å².